The van der Waals surface area contributed by atoms with E-state index in [0.717, 1.165) is 55.9 Å². The Morgan fingerprint density at radius 1 is 0.893 bits per heavy atom. The van der Waals surface area contributed by atoms with Crippen molar-refractivity contribution in [3.05, 3.63) is 29.3 Å². The molecule has 0 N–H and O–H groups in total. The molecule has 2 amide bonds. The Morgan fingerprint density at radius 3 is 2.29 bits per heavy atom. The van der Waals surface area contributed by atoms with E-state index in [0.29, 0.717) is 32.7 Å². The second-order valence-electron chi connectivity index (χ2n) is 7.97. The van der Waals surface area contributed by atoms with Crippen LogP contribution in [0, 0.1) is 13.8 Å². The summed E-state index contributed by atoms with van der Waals surface area (Å²) in [7, 11) is 0. The van der Waals surface area contributed by atoms with Gasteiger partial charge in [0.25, 0.3) is 0 Å². The zero-order valence-electron chi connectivity index (χ0n) is 17.3. The molecule has 28 heavy (non-hydrogen) atoms. The summed E-state index contributed by atoms with van der Waals surface area (Å²) >= 11 is 0. The monoisotopic (exact) mass is 387 g/mol. The van der Waals surface area contributed by atoms with Crippen LogP contribution < -0.4 is 4.74 Å². The van der Waals surface area contributed by atoms with Gasteiger partial charge in [0.1, 0.15) is 5.75 Å². The van der Waals surface area contributed by atoms with E-state index in [-0.39, 0.29) is 11.8 Å². The Balaban J connectivity index is 1.36. The minimum atomic E-state index is 0.132. The summed E-state index contributed by atoms with van der Waals surface area (Å²) in [6.07, 6.45) is 3.87. The summed E-state index contributed by atoms with van der Waals surface area (Å²) in [6.45, 7) is 9.65. The summed E-state index contributed by atoms with van der Waals surface area (Å²) in [5.74, 6) is 1.22. The van der Waals surface area contributed by atoms with E-state index in [2.05, 4.69) is 11.0 Å². The number of rotatable bonds is 6. The molecule has 6 nitrogen and oxygen atoms in total. The quantitative estimate of drug-likeness (QED) is 0.751. The van der Waals surface area contributed by atoms with E-state index in [1.165, 1.54) is 6.42 Å². The van der Waals surface area contributed by atoms with Crippen molar-refractivity contribution in [2.24, 2.45) is 0 Å². The van der Waals surface area contributed by atoms with Crippen LogP contribution in [-0.4, -0.2) is 78.9 Å². The van der Waals surface area contributed by atoms with E-state index >= 15 is 0 Å². The maximum Gasteiger partial charge on any atom is 0.236 e. The molecule has 2 heterocycles. The van der Waals surface area contributed by atoms with Crippen molar-refractivity contribution in [3.8, 4) is 5.75 Å². The lowest BCUT2D eigenvalue weighted by Crippen LogP contribution is -2.52. The molecule has 154 valence electrons. The molecule has 2 aliphatic rings. The number of piperazine rings is 1. The van der Waals surface area contributed by atoms with Crippen LogP contribution in [0.25, 0.3) is 0 Å². The number of likely N-dealkylation sites (tertiary alicyclic amines) is 1. The Kier molecular flexibility index (Phi) is 7.31. The third-order valence-electron chi connectivity index (χ3n) is 5.71. The lowest BCUT2D eigenvalue weighted by Gasteiger charge is -2.36. The highest BCUT2D eigenvalue weighted by atomic mass is 16.5. The number of piperidine rings is 1. The van der Waals surface area contributed by atoms with Gasteiger partial charge in [-0.25, -0.2) is 0 Å². The average molecular weight is 388 g/mol. The van der Waals surface area contributed by atoms with Crippen LogP contribution in [0.5, 0.6) is 5.75 Å². The summed E-state index contributed by atoms with van der Waals surface area (Å²) in [4.78, 5) is 30.9. The first-order chi connectivity index (χ1) is 13.5. The highest BCUT2D eigenvalue weighted by Gasteiger charge is 2.24. The minimum absolute atomic E-state index is 0.132. The maximum absolute atomic E-state index is 12.5. The number of carbonyl (C=O) groups excluding carboxylic acids is 2. The van der Waals surface area contributed by atoms with Crippen LogP contribution in [0.3, 0.4) is 0 Å². The number of amides is 2. The van der Waals surface area contributed by atoms with Crippen molar-refractivity contribution >= 4 is 11.8 Å². The van der Waals surface area contributed by atoms with E-state index in [9.17, 15) is 9.59 Å². The second-order valence-corrected chi connectivity index (χ2v) is 7.97. The Hall–Kier alpha value is -2.08. The van der Waals surface area contributed by atoms with Gasteiger partial charge in [-0.05, 0) is 50.3 Å². The molecule has 2 fully saturated rings. The summed E-state index contributed by atoms with van der Waals surface area (Å²) in [5, 5.41) is 0. The number of nitrogens with zero attached hydrogens (tertiary/aromatic N) is 3. The standard InChI is InChI=1S/C22H33N3O3/c1-18-6-7-19(2)20(16-18)28-15-8-21(26)25-13-11-23(12-14-25)17-22(27)24-9-4-3-5-10-24/h6-7,16H,3-5,8-15,17H2,1-2H3. The van der Waals surface area contributed by atoms with Crippen LogP contribution in [0.15, 0.2) is 18.2 Å². The maximum atomic E-state index is 12.5. The molecule has 1 aromatic rings. The molecule has 6 heteroatoms. The van der Waals surface area contributed by atoms with Gasteiger partial charge in [0, 0.05) is 39.3 Å². The molecule has 0 saturated carbocycles. The molecule has 0 aromatic heterocycles. The number of hydrogen-bond donors (Lipinski definition) is 0. The van der Waals surface area contributed by atoms with Crippen molar-refractivity contribution in [1.82, 2.24) is 14.7 Å². The van der Waals surface area contributed by atoms with Gasteiger partial charge in [-0.1, -0.05) is 12.1 Å². The minimum Gasteiger partial charge on any atom is -0.493 e. The van der Waals surface area contributed by atoms with Crippen molar-refractivity contribution in [2.45, 2.75) is 39.5 Å². The van der Waals surface area contributed by atoms with E-state index in [4.69, 9.17) is 4.74 Å². The number of ether oxygens (including phenoxy) is 1. The van der Waals surface area contributed by atoms with Gasteiger partial charge in [0.05, 0.1) is 19.6 Å². The Morgan fingerprint density at radius 2 is 1.57 bits per heavy atom. The van der Waals surface area contributed by atoms with Gasteiger partial charge in [-0.3, -0.25) is 14.5 Å². The van der Waals surface area contributed by atoms with Gasteiger partial charge < -0.3 is 14.5 Å². The Bertz CT molecular complexity index is 678. The fraction of sp³-hybridized carbons (Fsp3) is 0.636. The van der Waals surface area contributed by atoms with Crippen LogP contribution in [-0.2, 0) is 9.59 Å². The molecule has 1 aromatic carbocycles. The first-order valence-corrected chi connectivity index (χ1v) is 10.5. The largest absolute Gasteiger partial charge is 0.493 e. The molecule has 0 radical (unpaired) electrons. The van der Waals surface area contributed by atoms with Crippen LogP contribution >= 0.6 is 0 Å². The third-order valence-corrected chi connectivity index (χ3v) is 5.71. The molecule has 0 aliphatic carbocycles. The summed E-state index contributed by atoms with van der Waals surface area (Å²) in [6, 6.07) is 6.11. The molecule has 2 saturated heterocycles. The highest BCUT2D eigenvalue weighted by molar-refractivity contribution is 5.78. The van der Waals surface area contributed by atoms with Gasteiger partial charge in [-0.15, -0.1) is 0 Å². The van der Waals surface area contributed by atoms with Crippen molar-refractivity contribution < 1.29 is 14.3 Å². The summed E-state index contributed by atoms with van der Waals surface area (Å²) < 4.78 is 5.81. The molecule has 0 bridgehead atoms. The van der Waals surface area contributed by atoms with Crippen LogP contribution in [0.2, 0.25) is 0 Å². The Labute approximate surface area is 168 Å². The molecule has 2 aliphatic heterocycles. The lowest BCUT2D eigenvalue weighted by molar-refractivity contribution is -0.135. The van der Waals surface area contributed by atoms with Gasteiger partial charge in [0.15, 0.2) is 0 Å². The zero-order valence-corrected chi connectivity index (χ0v) is 17.3. The second kappa shape index (κ2) is 9.92. The molecule has 3 rings (SSSR count). The van der Waals surface area contributed by atoms with Crippen molar-refractivity contribution in [1.29, 1.82) is 0 Å². The van der Waals surface area contributed by atoms with Crippen LogP contribution in [0.4, 0.5) is 0 Å². The number of benzene rings is 1. The third kappa shape index (κ3) is 5.71. The highest BCUT2D eigenvalue weighted by Crippen LogP contribution is 2.19. The lowest BCUT2D eigenvalue weighted by atomic mass is 10.1. The first kappa shape index (κ1) is 20.6. The first-order valence-electron chi connectivity index (χ1n) is 10.5. The fourth-order valence-corrected chi connectivity index (χ4v) is 3.86. The van der Waals surface area contributed by atoms with Gasteiger partial charge >= 0.3 is 0 Å². The molecule has 0 spiro atoms. The molecular weight excluding hydrogens is 354 g/mol. The van der Waals surface area contributed by atoms with Crippen LogP contribution in [0.1, 0.15) is 36.8 Å². The molecule has 0 unspecified atom stereocenters. The van der Waals surface area contributed by atoms with Crippen molar-refractivity contribution in [3.63, 3.8) is 0 Å². The predicted octanol–water partition coefficient (Wildman–Crippen LogP) is 2.23. The molecule has 0 atom stereocenters. The predicted molar refractivity (Wildman–Crippen MR) is 109 cm³/mol. The average Bonchev–Trinajstić information content (AvgIpc) is 2.71. The van der Waals surface area contributed by atoms with Crippen molar-refractivity contribution in [2.75, 3.05) is 52.4 Å². The van der Waals surface area contributed by atoms with Gasteiger partial charge in [-0.2, -0.15) is 0 Å². The number of hydrogen-bond acceptors (Lipinski definition) is 4. The zero-order chi connectivity index (χ0) is 19.9. The SMILES string of the molecule is Cc1ccc(C)c(OCCC(=O)N2CCN(CC(=O)N3CCCCC3)CC2)c1. The van der Waals surface area contributed by atoms with Gasteiger partial charge in [0.2, 0.25) is 11.8 Å². The van der Waals surface area contributed by atoms with E-state index in [1.54, 1.807) is 0 Å². The van der Waals surface area contributed by atoms with E-state index in [1.807, 2.05) is 35.8 Å². The fourth-order valence-electron chi connectivity index (χ4n) is 3.86. The smallest absolute Gasteiger partial charge is 0.236 e. The summed E-state index contributed by atoms with van der Waals surface area (Å²) in [5.41, 5.74) is 2.24. The normalized spacial score (nSPS) is 18.2. The number of carbonyl (C=O) groups is 2. The topological polar surface area (TPSA) is 53.1 Å². The molecular formula is C22H33N3O3. The van der Waals surface area contributed by atoms with E-state index < -0.39 is 0 Å². The number of aryl methyl sites for hydroxylation is 2.